The smallest absolute Gasteiger partial charge is 0.119 e. The summed E-state index contributed by atoms with van der Waals surface area (Å²) < 4.78 is 5.63. The highest BCUT2D eigenvalue weighted by Crippen LogP contribution is 2.12. The van der Waals surface area contributed by atoms with E-state index < -0.39 is 0 Å². The van der Waals surface area contributed by atoms with Crippen LogP contribution in [-0.2, 0) is 0 Å². The van der Waals surface area contributed by atoms with E-state index in [2.05, 4.69) is 31.3 Å². The standard InChI is InChI=1S/C13H22N2O/c1-11-5-3-6-13(9-11)16-8-4-7-15-12(2)10-14/h3,5-6,9,12,15H,4,7-8,10,14H2,1-2H3. The van der Waals surface area contributed by atoms with Crippen molar-refractivity contribution in [3.63, 3.8) is 0 Å². The van der Waals surface area contributed by atoms with Crippen molar-refractivity contribution < 1.29 is 4.74 Å². The van der Waals surface area contributed by atoms with Crippen molar-refractivity contribution in [3.05, 3.63) is 29.8 Å². The first kappa shape index (κ1) is 13.0. The van der Waals surface area contributed by atoms with Crippen LogP contribution in [0.5, 0.6) is 5.75 Å². The largest absolute Gasteiger partial charge is 0.494 e. The van der Waals surface area contributed by atoms with Crippen molar-refractivity contribution in [2.45, 2.75) is 26.3 Å². The summed E-state index contributed by atoms with van der Waals surface area (Å²) in [4.78, 5) is 0. The normalized spacial score (nSPS) is 12.4. The van der Waals surface area contributed by atoms with Gasteiger partial charge in [-0.1, -0.05) is 12.1 Å². The van der Waals surface area contributed by atoms with Gasteiger partial charge >= 0.3 is 0 Å². The van der Waals surface area contributed by atoms with Gasteiger partial charge in [0.2, 0.25) is 0 Å². The first-order valence-electron chi connectivity index (χ1n) is 5.85. The molecule has 0 amide bonds. The highest BCUT2D eigenvalue weighted by Gasteiger charge is 1.97. The molecule has 16 heavy (non-hydrogen) atoms. The molecule has 0 saturated carbocycles. The molecule has 3 heteroatoms. The lowest BCUT2D eigenvalue weighted by Crippen LogP contribution is -2.34. The highest BCUT2D eigenvalue weighted by atomic mass is 16.5. The molecule has 0 saturated heterocycles. The monoisotopic (exact) mass is 222 g/mol. The van der Waals surface area contributed by atoms with Crippen LogP contribution in [0.1, 0.15) is 18.9 Å². The molecule has 3 N–H and O–H groups in total. The van der Waals surface area contributed by atoms with Gasteiger partial charge in [0.25, 0.3) is 0 Å². The predicted molar refractivity (Wildman–Crippen MR) is 67.8 cm³/mol. The maximum Gasteiger partial charge on any atom is 0.119 e. The zero-order valence-electron chi connectivity index (χ0n) is 10.2. The Balaban J connectivity index is 2.12. The molecule has 1 unspecified atom stereocenters. The van der Waals surface area contributed by atoms with E-state index in [4.69, 9.17) is 10.5 Å². The van der Waals surface area contributed by atoms with Crippen LogP contribution in [0.4, 0.5) is 0 Å². The summed E-state index contributed by atoms with van der Waals surface area (Å²) in [5.74, 6) is 0.951. The highest BCUT2D eigenvalue weighted by molar-refractivity contribution is 5.27. The van der Waals surface area contributed by atoms with Gasteiger partial charge in [0.05, 0.1) is 6.61 Å². The minimum absolute atomic E-state index is 0.388. The summed E-state index contributed by atoms with van der Waals surface area (Å²) in [7, 11) is 0. The molecule has 1 aromatic rings. The lowest BCUT2D eigenvalue weighted by molar-refractivity contribution is 0.305. The maximum absolute atomic E-state index is 5.63. The Bertz CT molecular complexity index is 302. The van der Waals surface area contributed by atoms with Crippen molar-refractivity contribution in [1.29, 1.82) is 0 Å². The summed E-state index contributed by atoms with van der Waals surface area (Å²) in [5, 5.41) is 3.32. The van der Waals surface area contributed by atoms with E-state index in [0.717, 1.165) is 25.3 Å². The molecule has 90 valence electrons. The second kappa shape index (κ2) is 7.25. The maximum atomic E-state index is 5.63. The fraction of sp³-hybridized carbons (Fsp3) is 0.538. The number of rotatable bonds is 7. The fourth-order valence-electron chi connectivity index (χ4n) is 1.40. The van der Waals surface area contributed by atoms with E-state index in [-0.39, 0.29) is 0 Å². The average Bonchev–Trinajstić information content (AvgIpc) is 2.28. The van der Waals surface area contributed by atoms with Crippen molar-refractivity contribution >= 4 is 0 Å². The van der Waals surface area contributed by atoms with Crippen molar-refractivity contribution in [2.24, 2.45) is 5.73 Å². The molecule has 0 fully saturated rings. The average molecular weight is 222 g/mol. The molecule has 0 spiro atoms. The number of hydrogen-bond acceptors (Lipinski definition) is 3. The Morgan fingerprint density at radius 2 is 2.25 bits per heavy atom. The SMILES string of the molecule is Cc1cccc(OCCCNC(C)CN)c1. The summed E-state index contributed by atoms with van der Waals surface area (Å²) >= 11 is 0. The van der Waals surface area contributed by atoms with Gasteiger partial charge in [0, 0.05) is 12.6 Å². The van der Waals surface area contributed by atoms with Crippen LogP contribution >= 0.6 is 0 Å². The van der Waals surface area contributed by atoms with Crippen LogP contribution in [-0.4, -0.2) is 25.7 Å². The lowest BCUT2D eigenvalue weighted by atomic mass is 10.2. The molecular weight excluding hydrogens is 200 g/mol. The van der Waals surface area contributed by atoms with Crippen molar-refractivity contribution in [3.8, 4) is 5.75 Å². The third kappa shape index (κ3) is 5.14. The molecule has 1 rings (SSSR count). The molecule has 3 nitrogen and oxygen atoms in total. The molecule has 0 aliphatic heterocycles. The summed E-state index contributed by atoms with van der Waals surface area (Å²) in [5.41, 5.74) is 6.73. The Kier molecular flexibility index (Phi) is 5.90. The van der Waals surface area contributed by atoms with Gasteiger partial charge in [-0.15, -0.1) is 0 Å². The third-order valence-electron chi connectivity index (χ3n) is 2.43. The molecule has 0 heterocycles. The van der Waals surface area contributed by atoms with Crippen LogP contribution in [0.25, 0.3) is 0 Å². The van der Waals surface area contributed by atoms with Crippen LogP contribution in [0.2, 0.25) is 0 Å². The van der Waals surface area contributed by atoms with E-state index in [1.165, 1.54) is 5.56 Å². The zero-order valence-corrected chi connectivity index (χ0v) is 10.2. The summed E-state index contributed by atoms with van der Waals surface area (Å²) in [6, 6.07) is 8.51. The van der Waals surface area contributed by atoms with Crippen molar-refractivity contribution in [1.82, 2.24) is 5.32 Å². The molecule has 0 radical (unpaired) electrons. The van der Waals surface area contributed by atoms with Crippen LogP contribution < -0.4 is 15.8 Å². The molecule has 1 aromatic carbocycles. The van der Waals surface area contributed by atoms with E-state index in [0.29, 0.717) is 12.6 Å². The topological polar surface area (TPSA) is 47.3 Å². The molecule has 0 aromatic heterocycles. The first-order chi connectivity index (χ1) is 7.72. The lowest BCUT2D eigenvalue weighted by Gasteiger charge is -2.11. The van der Waals surface area contributed by atoms with Crippen LogP contribution in [0, 0.1) is 6.92 Å². The number of aryl methyl sites for hydroxylation is 1. The van der Waals surface area contributed by atoms with E-state index in [9.17, 15) is 0 Å². The Morgan fingerprint density at radius 1 is 1.44 bits per heavy atom. The second-order valence-electron chi connectivity index (χ2n) is 4.11. The molecule has 0 aliphatic carbocycles. The van der Waals surface area contributed by atoms with Gasteiger partial charge in [-0.3, -0.25) is 0 Å². The number of benzene rings is 1. The van der Waals surface area contributed by atoms with Crippen LogP contribution in [0.15, 0.2) is 24.3 Å². The molecule has 1 atom stereocenters. The minimum Gasteiger partial charge on any atom is -0.494 e. The predicted octanol–water partition coefficient (Wildman–Crippen LogP) is 1.70. The molecular formula is C13H22N2O. The number of nitrogens with two attached hydrogens (primary N) is 1. The second-order valence-corrected chi connectivity index (χ2v) is 4.11. The van der Waals surface area contributed by atoms with Gasteiger partial charge in [-0.05, 0) is 44.5 Å². The zero-order chi connectivity index (χ0) is 11.8. The van der Waals surface area contributed by atoms with E-state index >= 15 is 0 Å². The summed E-state index contributed by atoms with van der Waals surface area (Å²) in [6.07, 6.45) is 0.998. The van der Waals surface area contributed by atoms with E-state index in [1.807, 2.05) is 12.1 Å². The van der Waals surface area contributed by atoms with Gasteiger partial charge in [-0.2, -0.15) is 0 Å². The fourth-order valence-corrected chi connectivity index (χ4v) is 1.40. The number of ether oxygens (including phenoxy) is 1. The quantitative estimate of drug-likeness (QED) is 0.690. The number of nitrogens with one attached hydrogen (secondary N) is 1. The minimum atomic E-state index is 0.388. The van der Waals surface area contributed by atoms with Gasteiger partial charge in [0.1, 0.15) is 5.75 Å². The number of hydrogen-bond donors (Lipinski definition) is 2. The Hall–Kier alpha value is -1.06. The Labute approximate surface area is 98.0 Å². The van der Waals surface area contributed by atoms with Crippen molar-refractivity contribution in [2.75, 3.05) is 19.7 Å². The van der Waals surface area contributed by atoms with Crippen LogP contribution in [0.3, 0.4) is 0 Å². The van der Waals surface area contributed by atoms with Gasteiger partial charge < -0.3 is 15.8 Å². The van der Waals surface area contributed by atoms with Gasteiger partial charge in [-0.25, -0.2) is 0 Å². The first-order valence-corrected chi connectivity index (χ1v) is 5.85. The third-order valence-corrected chi connectivity index (χ3v) is 2.43. The Morgan fingerprint density at radius 3 is 2.94 bits per heavy atom. The van der Waals surface area contributed by atoms with Gasteiger partial charge in [0.15, 0.2) is 0 Å². The summed E-state index contributed by atoms with van der Waals surface area (Å²) in [6.45, 7) is 6.52. The molecule has 0 aliphatic rings. The van der Waals surface area contributed by atoms with E-state index in [1.54, 1.807) is 0 Å². The molecule has 0 bridgehead atoms.